The molecule has 1 saturated heterocycles. The highest BCUT2D eigenvalue weighted by molar-refractivity contribution is 6.32. The summed E-state index contributed by atoms with van der Waals surface area (Å²) >= 11 is 6.22. The van der Waals surface area contributed by atoms with Gasteiger partial charge in [0.1, 0.15) is 6.07 Å². The van der Waals surface area contributed by atoms with Gasteiger partial charge in [-0.2, -0.15) is 5.26 Å². The standard InChI is InChI=1S/C14H17ClN2O2/c1-2-10-11(4-3-9(7-16)14(10)15)17-12-5-6-19-8-13(12)18/h3-4,12-13,17-18H,2,5-6,8H2,1H3/t12-,13-/m0/s1. The minimum Gasteiger partial charge on any atom is -0.389 e. The first-order chi connectivity index (χ1) is 9.17. The lowest BCUT2D eigenvalue weighted by Crippen LogP contribution is -2.42. The number of hydrogen-bond acceptors (Lipinski definition) is 4. The summed E-state index contributed by atoms with van der Waals surface area (Å²) in [6, 6.07) is 5.60. The van der Waals surface area contributed by atoms with Crippen molar-refractivity contribution in [1.82, 2.24) is 0 Å². The van der Waals surface area contributed by atoms with E-state index in [2.05, 4.69) is 11.4 Å². The van der Waals surface area contributed by atoms with Gasteiger partial charge in [-0.05, 0) is 30.5 Å². The molecule has 0 amide bonds. The summed E-state index contributed by atoms with van der Waals surface area (Å²) in [7, 11) is 0. The summed E-state index contributed by atoms with van der Waals surface area (Å²) < 4.78 is 5.21. The lowest BCUT2D eigenvalue weighted by molar-refractivity contribution is -0.0134. The molecule has 0 aliphatic carbocycles. The van der Waals surface area contributed by atoms with Crippen LogP contribution in [0.25, 0.3) is 0 Å². The lowest BCUT2D eigenvalue weighted by Gasteiger charge is -2.30. The topological polar surface area (TPSA) is 65.3 Å². The Morgan fingerprint density at radius 2 is 2.37 bits per heavy atom. The zero-order chi connectivity index (χ0) is 13.8. The number of ether oxygens (including phenoxy) is 1. The molecule has 1 aliphatic rings. The molecular formula is C14H17ClN2O2. The molecular weight excluding hydrogens is 264 g/mol. The number of anilines is 1. The molecule has 0 saturated carbocycles. The highest BCUT2D eigenvalue weighted by Crippen LogP contribution is 2.29. The van der Waals surface area contributed by atoms with Crippen LogP contribution in [0.15, 0.2) is 12.1 Å². The third-order valence-corrected chi connectivity index (χ3v) is 3.82. The van der Waals surface area contributed by atoms with E-state index in [9.17, 15) is 5.11 Å². The van der Waals surface area contributed by atoms with Gasteiger partial charge in [-0.1, -0.05) is 18.5 Å². The predicted molar refractivity (Wildman–Crippen MR) is 74.4 cm³/mol. The van der Waals surface area contributed by atoms with Crippen LogP contribution in [0.4, 0.5) is 5.69 Å². The minimum atomic E-state index is -0.520. The first-order valence-corrected chi connectivity index (χ1v) is 6.79. The van der Waals surface area contributed by atoms with Crippen LogP contribution in [0.3, 0.4) is 0 Å². The molecule has 0 unspecified atom stereocenters. The van der Waals surface area contributed by atoms with Crippen LogP contribution in [0.2, 0.25) is 5.02 Å². The summed E-state index contributed by atoms with van der Waals surface area (Å²) in [6.07, 6.45) is 0.964. The van der Waals surface area contributed by atoms with Gasteiger partial charge in [0.2, 0.25) is 0 Å². The quantitative estimate of drug-likeness (QED) is 0.892. The fraction of sp³-hybridized carbons (Fsp3) is 0.500. The Morgan fingerprint density at radius 3 is 3.00 bits per heavy atom. The van der Waals surface area contributed by atoms with Crippen molar-refractivity contribution in [1.29, 1.82) is 5.26 Å². The molecule has 2 rings (SSSR count). The van der Waals surface area contributed by atoms with Crippen LogP contribution in [0, 0.1) is 11.3 Å². The number of nitriles is 1. The van der Waals surface area contributed by atoms with E-state index in [-0.39, 0.29) is 6.04 Å². The van der Waals surface area contributed by atoms with Gasteiger partial charge in [-0.15, -0.1) is 0 Å². The van der Waals surface area contributed by atoms with Gasteiger partial charge in [0, 0.05) is 12.3 Å². The normalized spacial score (nSPS) is 22.8. The molecule has 19 heavy (non-hydrogen) atoms. The Bertz CT molecular complexity index is 499. The van der Waals surface area contributed by atoms with Crippen molar-refractivity contribution in [3.8, 4) is 6.07 Å². The van der Waals surface area contributed by atoms with Gasteiger partial charge in [0.25, 0.3) is 0 Å². The minimum absolute atomic E-state index is 0.0388. The van der Waals surface area contributed by atoms with Gasteiger partial charge in [-0.3, -0.25) is 0 Å². The summed E-state index contributed by atoms with van der Waals surface area (Å²) in [6.45, 7) is 2.98. The number of halogens is 1. The second kappa shape index (κ2) is 6.25. The fourth-order valence-electron chi connectivity index (χ4n) is 2.28. The second-order valence-electron chi connectivity index (χ2n) is 4.60. The molecule has 102 valence electrons. The number of nitrogens with one attached hydrogen (secondary N) is 1. The Balaban J connectivity index is 2.25. The van der Waals surface area contributed by atoms with E-state index in [1.807, 2.05) is 13.0 Å². The fourth-order valence-corrected chi connectivity index (χ4v) is 2.62. The van der Waals surface area contributed by atoms with Gasteiger partial charge in [0.15, 0.2) is 0 Å². The van der Waals surface area contributed by atoms with E-state index in [0.29, 0.717) is 23.8 Å². The molecule has 1 heterocycles. The Hall–Kier alpha value is -1.28. The van der Waals surface area contributed by atoms with Crippen molar-refractivity contribution >= 4 is 17.3 Å². The first kappa shape index (κ1) is 14.1. The summed E-state index contributed by atoms with van der Waals surface area (Å²) in [4.78, 5) is 0. The average Bonchev–Trinajstić information content (AvgIpc) is 2.42. The van der Waals surface area contributed by atoms with Gasteiger partial charge < -0.3 is 15.2 Å². The largest absolute Gasteiger partial charge is 0.389 e. The summed E-state index contributed by atoms with van der Waals surface area (Å²) in [5.41, 5.74) is 2.29. The molecule has 0 aromatic heterocycles. The lowest BCUT2D eigenvalue weighted by atomic mass is 10.0. The number of aliphatic hydroxyl groups excluding tert-OH is 1. The summed E-state index contributed by atoms with van der Waals surface area (Å²) in [5, 5.41) is 22.7. The molecule has 4 nitrogen and oxygen atoms in total. The SMILES string of the molecule is CCc1c(N[C@H]2CCOC[C@@H]2O)ccc(C#N)c1Cl. The molecule has 0 bridgehead atoms. The average molecular weight is 281 g/mol. The van der Waals surface area contributed by atoms with E-state index >= 15 is 0 Å². The molecule has 2 atom stereocenters. The van der Waals surface area contributed by atoms with Crippen LogP contribution in [-0.2, 0) is 11.2 Å². The zero-order valence-corrected chi connectivity index (χ0v) is 11.6. The van der Waals surface area contributed by atoms with Crippen molar-refractivity contribution < 1.29 is 9.84 Å². The predicted octanol–water partition coefficient (Wildman–Crippen LogP) is 2.34. The third-order valence-electron chi connectivity index (χ3n) is 3.38. The van der Waals surface area contributed by atoms with Gasteiger partial charge >= 0.3 is 0 Å². The second-order valence-corrected chi connectivity index (χ2v) is 4.98. The molecule has 0 radical (unpaired) electrons. The maximum absolute atomic E-state index is 9.89. The zero-order valence-electron chi connectivity index (χ0n) is 10.8. The van der Waals surface area contributed by atoms with Crippen LogP contribution >= 0.6 is 11.6 Å². The number of aliphatic hydroxyl groups is 1. The maximum atomic E-state index is 9.89. The number of rotatable bonds is 3. The van der Waals surface area contributed by atoms with Crippen molar-refractivity contribution in [2.45, 2.75) is 31.9 Å². The first-order valence-electron chi connectivity index (χ1n) is 6.41. The van der Waals surface area contributed by atoms with Crippen LogP contribution in [-0.4, -0.2) is 30.5 Å². The van der Waals surface area contributed by atoms with Crippen LogP contribution < -0.4 is 5.32 Å². The summed E-state index contributed by atoms with van der Waals surface area (Å²) in [5.74, 6) is 0. The molecule has 1 aliphatic heterocycles. The van der Waals surface area contributed by atoms with Gasteiger partial charge in [0.05, 0.1) is 29.3 Å². The molecule has 1 aromatic carbocycles. The van der Waals surface area contributed by atoms with Crippen LogP contribution in [0.5, 0.6) is 0 Å². The third kappa shape index (κ3) is 3.01. The Morgan fingerprint density at radius 1 is 1.58 bits per heavy atom. The van der Waals surface area contributed by atoms with E-state index in [4.69, 9.17) is 21.6 Å². The number of hydrogen-bond donors (Lipinski definition) is 2. The van der Waals surface area contributed by atoms with Crippen molar-refractivity contribution in [2.75, 3.05) is 18.5 Å². The molecule has 0 spiro atoms. The van der Waals surface area contributed by atoms with E-state index in [1.165, 1.54) is 0 Å². The maximum Gasteiger partial charge on any atom is 0.101 e. The van der Waals surface area contributed by atoms with Crippen molar-refractivity contribution in [3.63, 3.8) is 0 Å². The number of benzene rings is 1. The molecule has 2 N–H and O–H groups in total. The van der Waals surface area contributed by atoms with Crippen LogP contribution in [0.1, 0.15) is 24.5 Å². The highest BCUT2D eigenvalue weighted by atomic mass is 35.5. The van der Waals surface area contributed by atoms with E-state index in [1.54, 1.807) is 6.07 Å². The molecule has 5 heteroatoms. The highest BCUT2D eigenvalue weighted by Gasteiger charge is 2.24. The van der Waals surface area contributed by atoms with Gasteiger partial charge in [-0.25, -0.2) is 0 Å². The Kier molecular flexibility index (Phi) is 4.65. The molecule has 1 aromatic rings. The van der Waals surface area contributed by atoms with E-state index in [0.717, 1.165) is 24.1 Å². The van der Waals surface area contributed by atoms with Crippen molar-refractivity contribution in [2.24, 2.45) is 0 Å². The smallest absolute Gasteiger partial charge is 0.101 e. The molecule has 1 fully saturated rings. The monoisotopic (exact) mass is 280 g/mol. The number of nitrogens with zero attached hydrogens (tertiary/aromatic N) is 1. The Labute approximate surface area is 117 Å². The van der Waals surface area contributed by atoms with Crippen molar-refractivity contribution in [3.05, 3.63) is 28.3 Å². The van der Waals surface area contributed by atoms with E-state index < -0.39 is 6.10 Å².